The van der Waals surface area contributed by atoms with Crippen molar-refractivity contribution in [2.24, 2.45) is 0 Å². The molecule has 1 aromatic rings. The summed E-state index contributed by atoms with van der Waals surface area (Å²) in [6.45, 7) is 0. The number of nitrogens with zero attached hydrogens (tertiary/aromatic N) is 1. The van der Waals surface area contributed by atoms with Crippen LogP contribution in [0.15, 0.2) is 4.47 Å². The quantitative estimate of drug-likeness (QED) is 0.769. The number of H-pyrrole nitrogens is 1. The summed E-state index contributed by atoms with van der Waals surface area (Å²) in [4.78, 5) is 7.06. The van der Waals surface area contributed by atoms with E-state index in [-0.39, 0.29) is 6.42 Å². The molecule has 2 rings (SSSR count). The summed E-state index contributed by atoms with van der Waals surface area (Å²) >= 11 is 8.51. The molecule has 1 saturated carbocycles. The molecular formula is C12H14BrF3N2S. The monoisotopic (exact) mass is 354 g/mol. The summed E-state index contributed by atoms with van der Waals surface area (Å²) in [5, 5.41) is 0. The van der Waals surface area contributed by atoms with Crippen LogP contribution in [-0.4, -0.2) is 16.1 Å². The molecule has 0 bridgehead atoms. The number of rotatable bonds is 3. The van der Waals surface area contributed by atoms with Gasteiger partial charge < -0.3 is 4.98 Å². The minimum Gasteiger partial charge on any atom is -0.346 e. The maximum Gasteiger partial charge on any atom is 0.389 e. The molecule has 7 heteroatoms. The van der Waals surface area contributed by atoms with E-state index in [9.17, 15) is 13.2 Å². The lowest BCUT2D eigenvalue weighted by Gasteiger charge is -2.14. The van der Waals surface area contributed by atoms with Crippen LogP contribution in [0.5, 0.6) is 0 Å². The molecule has 1 aliphatic rings. The summed E-state index contributed by atoms with van der Waals surface area (Å²) in [6, 6.07) is 0. The Bertz CT molecular complexity index is 507. The van der Waals surface area contributed by atoms with E-state index in [2.05, 4.69) is 25.9 Å². The van der Waals surface area contributed by atoms with Crippen molar-refractivity contribution >= 4 is 28.1 Å². The van der Waals surface area contributed by atoms with Gasteiger partial charge in [0.05, 0.1) is 10.9 Å². The predicted octanol–water partition coefficient (Wildman–Crippen LogP) is 5.05. The van der Waals surface area contributed by atoms with Crippen molar-refractivity contribution in [1.82, 2.24) is 9.97 Å². The van der Waals surface area contributed by atoms with Gasteiger partial charge in [-0.25, -0.2) is 4.98 Å². The van der Waals surface area contributed by atoms with Crippen LogP contribution < -0.4 is 0 Å². The zero-order chi connectivity index (χ0) is 14.0. The molecule has 0 atom stereocenters. The lowest BCUT2D eigenvalue weighted by atomic mass is 10.0. The number of hydrogen-bond donors (Lipinski definition) is 1. The highest BCUT2D eigenvalue weighted by molar-refractivity contribution is 9.10. The first-order chi connectivity index (χ1) is 8.87. The average molecular weight is 355 g/mol. The summed E-state index contributed by atoms with van der Waals surface area (Å²) in [6.07, 6.45) is -0.802. The standard InChI is InChI=1S/C12H14BrF3N2S/c13-9-10(7-3-1-2-4-7)17-8(18-11(9)19)5-6-12(14,15)16/h7H,1-6H2,(H,17,18,19). The Morgan fingerprint density at radius 1 is 1.32 bits per heavy atom. The Balaban J connectivity index is 2.23. The number of nitrogens with one attached hydrogen (secondary N) is 1. The number of aryl methyl sites for hydroxylation is 1. The van der Waals surface area contributed by atoms with E-state index in [1.165, 1.54) is 0 Å². The van der Waals surface area contributed by atoms with Gasteiger partial charge in [0.1, 0.15) is 10.5 Å². The fourth-order valence-electron chi connectivity index (χ4n) is 2.40. The number of halogens is 4. The summed E-state index contributed by atoms with van der Waals surface area (Å²) in [7, 11) is 0. The molecule has 0 unspecified atom stereocenters. The number of alkyl halides is 3. The third-order valence-electron chi connectivity index (χ3n) is 3.35. The molecule has 1 fully saturated rings. The lowest BCUT2D eigenvalue weighted by molar-refractivity contribution is -0.134. The van der Waals surface area contributed by atoms with E-state index in [1.54, 1.807) is 0 Å². The van der Waals surface area contributed by atoms with Gasteiger partial charge in [-0.1, -0.05) is 25.1 Å². The first-order valence-corrected chi connectivity index (χ1v) is 7.42. The van der Waals surface area contributed by atoms with E-state index >= 15 is 0 Å². The van der Waals surface area contributed by atoms with Crippen molar-refractivity contribution in [3.05, 3.63) is 20.6 Å². The van der Waals surface area contributed by atoms with Crippen molar-refractivity contribution in [3.8, 4) is 0 Å². The second kappa shape index (κ2) is 5.91. The highest BCUT2D eigenvalue weighted by Gasteiger charge is 2.27. The van der Waals surface area contributed by atoms with E-state index in [1.807, 2.05) is 0 Å². The summed E-state index contributed by atoms with van der Waals surface area (Å²) < 4.78 is 37.8. The molecule has 1 aliphatic carbocycles. The molecule has 0 amide bonds. The minimum absolute atomic E-state index is 0.153. The molecule has 1 N–H and O–H groups in total. The van der Waals surface area contributed by atoms with Gasteiger partial charge in [-0.15, -0.1) is 0 Å². The maximum absolute atomic E-state index is 12.2. The van der Waals surface area contributed by atoms with Gasteiger partial charge in [0, 0.05) is 18.0 Å². The van der Waals surface area contributed by atoms with Gasteiger partial charge in [0.2, 0.25) is 0 Å². The molecular weight excluding hydrogens is 341 g/mol. The first kappa shape index (κ1) is 15.0. The Kier molecular flexibility index (Phi) is 4.66. The highest BCUT2D eigenvalue weighted by atomic mass is 79.9. The van der Waals surface area contributed by atoms with Crippen molar-refractivity contribution in [3.63, 3.8) is 0 Å². The third-order valence-corrected chi connectivity index (χ3v) is 4.71. The topological polar surface area (TPSA) is 28.7 Å². The Morgan fingerprint density at radius 3 is 2.53 bits per heavy atom. The van der Waals surface area contributed by atoms with E-state index in [0.29, 0.717) is 16.4 Å². The third kappa shape index (κ3) is 4.02. The molecule has 19 heavy (non-hydrogen) atoms. The van der Waals surface area contributed by atoms with Crippen LogP contribution in [0.4, 0.5) is 13.2 Å². The maximum atomic E-state index is 12.2. The molecule has 0 radical (unpaired) electrons. The first-order valence-electron chi connectivity index (χ1n) is 6.22. The molecule has 1 heterocycles. The van der Waals surface area contributed by atoms with E-state index in [0.717, 1.165) is 35.8 Å². The van der Waals surface area contributed by atoms with Crippen LogP contribution >= 0.6 is 28.1 Å². The van der Waals surface area contributed by atoms with Gasteiger partial charge in [0.25, 0.3) is 0 Å². The molecule has 0 aromatic carbocycles. The van der Waals surface area contributed by atoms with Crippen LogP contribution in [0.3, 0.4) is 0 Å². The summed E-state index contributed by atoms with van der Waals surface area (Å²) in [5.41, 5.74) is 0.912. The Labute approximate surface area is 123 Å². The second-order valence-electron chi connectivity index (χ2n) is 4.81. The normalized spacial score (nSPS) is 17.1. The number of aromatic nitrogens is 2. The molecule has 0 spiro atoms. The number of hydrogen-bond acceptors (Lipinski definition) is 2. The van der Waals surface area contributed by atoms with Crippen LogP contribution in [0.1, 0.15) is 49.5 Å². The van der Waals surface area contributed by atoms with Crippen LogP contribution in [-0.2, 0) is 6.42 Å². The number of aromatic amines is 1. The summed E-state index contributed by atoms with van der Waals surface area (Å²) in [5.74, 6) is 0.677. The average Bonchev–Trinajstić information content (AvgIpc) is 2.83. The fraction of sp³-hybridized carbons (Fsp3) is 0.667. The largest absolute Gasteiger partial charge is 0.389 e. The molecule has 106 valence electrons. The van der Waals surface area contributed by atoms with Gasteiger partial charge in [-0.3, -0.25) is 0 Å². The molecule has 2 nitrogen and oxygen atoms in total. The highest BCUT2D eigenvalue weighted by Crippen LogP contribution is 2.36. The van der Waals surface area contributed by atoms with Gasteiger partial charge in [0.15, 0.2) is 0 Å². The SMILES string of the molecule is FC(F)(F)CCc1nc(=S)c(Br)c(C2CCCC2)[nH]1. The van der Waals surface area contributed by atoms with Crippen molar-refractivity contribution in [2.45, 2.75) is 50.6 Å². The Morgan fingerprint density at radius 2 is 1.95 bits per heavy atom. The van der Waals surface area contributed by atoms with Gasteiger partial charge in [-0.05, 0) is 28.8 Å². The smallest absolute Gasteiger partial charge is 0.346 e. The van der Waals surface area contributed by atoms with E-state index in [4.69, 9.17) is 12.2 Å². The lowest BCUT2D eigenvalue weighted by Crippen LogP contribution is -2.12. The van der Waals surface area contributed by atoms with E-state index < -0.39 is 12.6 Å². The van der Waals surface area contributed by atoms with Crippen molar-refractivity contribution < 1.29 is 13.2 Å². The van der Waals surface area contributed by atoms with Crippen LogP contribution in [0, 0.1) is 4.64 Å². The second-order valence-corrected chi connectivity index (χ2v) is 5.99. The van der Waals surface area contributed by atoms with Gasteiger partial charge in [-0.2, -0.15) is 13.2 Å². The van der Waals surface area contributed by atoms with Crippen LogP contribution in [0.25, 0.3) is 0 Å². The molecule has 1 aromatic heterocycles. The zero-order valence-electron chi connectivity index (χ0n) is 10.2. The zero-order valence-corrected chi connectivity index (χ0v) is 12.6. The predicted molar refractivity (Wildman–Crippen MR) is 72.7 cm³/mol. The Hall–Kier alpha value is -0.430. The molecule has 0 aliphatic heterocycles. The fourth-order valence-corrected chi connectivity index (χ4v) is 3.13. The van der Waals surface area contributed by atoms with Gasteiger partial charge >= 0.3 is 6.18 Å². The molecule has 0 saturated heterocycles. The van der Waals surface area contributed by atoms with Crippen molar-refractivity contribution in [1.29, 1.82) is 0 Å². The van der Waals surface area contributed by atoms with Crippen molar-refractivity contribution in [2.75, 3.05) is 0 Å². The van der Waals surface area contributed by atoms with Crippen LogP contribution in [0.2, 0.25) is 0 Å². The minimum atomic E-state index is -4.17.